The molecule has 0 radical (unpaired) electrons. The Kier molecular flexibility index (Phi) is 6.32. The van der Waals surface area contributed by atoms with Crippen LogP contribution in [-0.4, -0.2) is 30.3 Å². The van der Waals surface area contributed by atoms with E-state index in [9.17, 15) is 9.59 Å². The van der Waals surface area contributed by atoms with Gasteiger partial charge in [0.1, 0.15) is 17.1 Å². The Morgan fingerprint density at radius 1 is 0.949 bits per heavy atom. The van der Waals surface area contributed by atoms with E-state index >= 15 is 0 Å². The molecule has 1 aliphatic rings. The molecular formula is C32H26N2O5. The van der Waals surface area contributed by atoms with Gasteiger partial charge in [0.2, 0.25) is 0 Å². The smallest absolute Gasteiger partial charge is 0.336 e. The topological polar surface area (TPSA) is 81.3 Å². The van der Waals surface area contributed by atoms with Gasteiger partial charge in [-0.2, -0.15) is 5.10 Å². The largest absolute Gasteiger partial charge is 0.497 e. The molecule has 5 aromatic rings. The third-order valence-electron chi connectivity index (χ3n) is 7.03. The highest BCUT2D eigenvalue weighted by molar-refractivity contribution is 6.05. The van der Waals surface area contributed by atoms with E-state index in [-0.39, 0.29) is 18.6 Å². The van der Waals surface area contributed by atoms with Crippen molar-refractivity contribution in [2.45, 2.75) is 19.4 Å². The third kappa shape index (κ3) is 4.86. The van der Waals surface area contributed by atoms with E-state index in [1.807, 2.05) is 55.5 Å². The van der Waals surface area contributed by atoms with Crippen LogP contribution in [0.4, 0.5) is 0 Å². The van der Waals surface area contributed by atoms with Crippen molar-refractivity contribution in [2.75, 3.05) is 13.7 Å². The molecule has 194 valence electrons. The first-order valence-corrected chi connectivity index (χ1v) is 12.7. The maximum absolute atomic E-state index is 13.5. The molecule has 7 nitrogen and oxygen atoms in total. The van der Waals surface area contributed by atoms with Gasteiger partial charge >= 0.3 is 5.63 Å². The minimum absolute atomic E-state index is 0.220. The summed E-state index contributed by atoms with van der Waals surface area (Å²) in [5.41, 5.74) is 3.56. The molecule has 0 saturated carbocycles. The van der Waals surface area contributed by atoms with Gasteiger partial charge in [0.25, 0.3) is 5.91 Å². The fraction of sp³-hybridized carbons (Fsp3) is 0.156. The molecule has 0 fully saturated rings. The highest BCUT2D eigenvalue weighted by Gasteiger charge is 2.33. The third-order valence-corrected chi connectivity index (χ3v) is 7.03. The molecule has 0 N–H and O–H groups in total. The molecule has 1 aliphatic heterocycles. The Morgan fingerprint density at radius 3 is 2.51 bits per heavy atom. The fourth-order valence-corrected chi connectivity index (χ4v) is 4.98. The molecule has 7 heteroatoms. The average molecular weight is 519 g/mol. The maximum Gasteiger partial charge on any atom is 0.336 e. The van der Waals surface area contributed by atoms with E-state index in [1.165, 1.54) is 11.1 Å². The first-order valence-electron chi connectivity index (χ1n) is 12.7. The van der Waals surface area contributed by atoms with Crippen LogP contribution in [0, 0.1) is 6.92 Å². The van der Waals surface area contributed by atoms with Crippen LogP contribution in [0.5, 0.6) is 11.5 Å². The summed E-state index contributed by atoms with van der Waals surface area (Å²) >= 11 is 0. The molecule has 1 aromatic heterocycles. The van der Waals surface area contributed by atoms with Crippen LogP contribution in [0.2, 0.25) is 0 Å². The van der Waals surface area contributed by atoms with Gasteiger partial charge in [-0.25, -0.2) is 9.80 Å². The van der Waals surface area contributed by atoms with Crippen molar-refractivity contribution in [2.24, 2.45) is 5.10 Å². The van der Waals surface area contributed by atoms with Crippen molar-refractivity contribution in [3.8, 4) is 11.5 Å². The Hall–Kier alpha value is -4.91. The summed E-state index contributed by atoms with van der Waals surface area (Å²) in [7, 11) is 1.62. The Labute approximate surface area is 224 Å². The molecule has 0 spiro atoms. The van der Waals surface area contributed by atoms with Crippen molar-refractivity contribution in [3.63, 3.8) is 0 Å². The minimum atomic E-state index is -0.428. The maximum atomic E-state index is 13.5. The molecule has 1 amide bonds. The van der Waals surface area contributed by atoms with E-state index < -0.39 is 5.63 Å². The van der Waals surface area contributed by atoms with Gasteiger partial charge in [-0.05, 0) is 64.7 Å². The van der Waals surface area contributed by atoms with Gasteiger partial charge in [-0.15, -0.1) is 0 Å². The van der Waals surface area contributed by atoms with Crippen molar-refractivity contribution in [1.82, 2.24) is 5.01 Å². The quantitative estimate of drug-likeness (QED) is 0.257. The standard InChI is InChI=1S/C32H26N2O5/c1-20-15-32(36)39-30-17-26(13-14-27(20)30)38-19-31(35)34-29(22-9-11-25(37-2)12-10-22)18-28(33-34)24-8-7-21-5-3-4-6-23(21)16-24/h3-17,29H,18-19H2,1-2H3/t29-/m0/s1. The first-order chi connectivity index (χ1) is 19.0. The van der Waals surface area contributed by atoms with Crippen LogP contribution in [-0.2, 0) is 4.79 Å². The number of methoxy groups -OCH3 is 1. The average Bonchev–Trinajstić information content (AvgIpc) is 3.41. The van der Waals surface area contributed by atoms with Crippen molar-refractivity contribution in [3.05, 3.63) is 118 Å². The lowest BCUT2D eigenvalue weighted by Crippen LogP contribution is -2.31. The summed E-state index contributed by atoms with van der Waals surface area (Å²) in [6, 6.07) is 28.4. The van der Waals surface area contributed by atoms with Crippen molar-refractivity contribution >= 4 is 33.4 Å². The molecule has 6 rings (SSSR count). The lowest BCUT2D eigenvalue weighted by atomic mass is 9.97. The SMILES string of the molecule is COc1ccc([C@@H]2CC(c3ccc4ccccc4c3)=NN2C(=O)COc2ccc3c(C)cc(=O)oc3c2)cc1. The zero-order valence-electron chi connectivity index (χ0n) is 21.6. The zero-order chi connectivity index (χ0) is 26.9. The molecule has 0 bridgehead atoms. The number of rotatable bonds is 6. The van der Waals surface area contributed by atoms with Crippen molar-refractivity contribution < 1.29 is 18.7 Å². The number of hydrogen-bond acceptors (Lipinski definition) is 6. The van der Waals surface area contributed by atoms with Gasteiger partial charge in [0, 0.05) is 23.9 Å². The molecule has 39 heavy (non-hydrogen) atoms. The van der Waals surface area contributed by atoms with E-state index in [2.05, 4.69) is 24.3 Å². The van der Waals surface area contributed by atoms with E-state index in [0.717, 1.165) is 44.3 Å². The second-order valence-corrected chi connectivity index (χ2v) is 9.54. The van der Waals surface area contributed by atoms with Gasteiger partial charge in [0.15, 0.2) is 6.61 Å². The fourth-order valence-electron chi connectivity index (χ4n) is 4.98. The van der Waals surface area contributed by atoms with Crippen LogP contribution < -0.4 is 15.1 Å². The molecule has 1 atom stereocenters. The van der Waals surface area contributed by atoms with E-state index in [1.54, 1.807) is 19.2 Å². The number of carbonyl (C=O) groups excluding carboxylic acids is 1. The molecule has 2 heterocycles. The summed E-state index contributed by atoms with van der Waals surface area (Å²) in [5, 5.41) is 9.37. The molecule has 0 saturated heterocycles. The second-order valence-electron chi connectivity index (χ2n) is 9.54. The lowest BCUT2D eigenvalue weighted by molar-refractivity contribution is -0.135. The highest BCUT2D eigenvalue weighted by Crippen LogP contribution is 2.34. The molecular weight excluding hydrogens is 492 g/mol. The number of amides is 1. The number of ether oxygens (including phenoxy) is 2. The first kappa shape index (κ1) is 24.4. The Bertz CT molecular complexity index is 1790. The van der Waals surface area contributed by atoms with Crippen molar-refractivity contribution in [1.29, 1.82) is 0 Å². The predicted octanol–water partition coefficient (Wildman–Crippen LogP) is 6.02. The minimum Gasteiger partial charge on any atom is -0.497 e. The summed E-state index contributed by atoms with van der Waals surface area (Å²) in [6.45, 7) is 1.63. The number of hydrogen-bond donors (Lipinski definition) is 0. The summed E-state index contributed by atoms with van der Waals surface area (Å²) in [6.07, 6.45) is 0.566. The number of hydrazone groups is 1. The van der Waals surface area contributed by atoms with Crippen LogP contribution >= 0.6 is 0 Å². The van der Waals surface area contributed by atoms with Gasteiger partial charge in [0.05, 0.1) is 18.9 Å². The number of nitrogens with zero attached hydrogens (tertiary/aromatic N) is 2. The zero-order valence-corrected chi connectivity index (χ0v) is 21.6. The normalized spacial score (nSPS) is 15.0. The summed E-state index contributed by atoms with van der Waals surface area (Å²) in [5.74, 6) is 0.896. The van der Waals surface area contributed by atoms with Gasteiger partial charge in [-0.3, -0.25) is 4.79 Å². The molecule has 0 unspecified atom stereocenters. The molecule has 0 aliphatic carbocycles. The van der Waals surface area contributed by atoms with Crippen LogP contribution in [0.1, 0.15) is 29.2 Å². The van der Waals surface area contributed by atoms with E-state index in [4.69, 9.17) is 19.0 Å². The Balaban J connectivity index is 1.28. The molecule has 4 aromatic carbocycles. The van der Waals surface area contributed by atoms with Gasteiger partial charge < -0.3 is 13.9 Å². The predicted molar refractivity (Wildman–Crippen MR) is 150 cm³/mol. The lowest BCUT2D eigenvalue weighted by Gasteiger charge is -2.22. The highest BCUT2D eigenvalue weighted by atomic mass is 16.5. The second kappa shape index (κ2) is 10.1. The number of benzene rings is 4. The van der Waals surface area contributed by atoms with Crippen LogP contribution in [0.15, 0.2) is 105 Å². The number of carbonyl (C=O) groups is 1. The van der Waals surface area contributed by atoms with Crippen LogP contribution in [0.3, 0.4) is 0 Å². The summed E-state index contributed by atoms with van der Waals surface area (Å²) < 4.78 is 16.5. The number of fused-ring (bicyclic) bond motifs is 2. The summed E-state index contributed by atoms with van der Waals surface area (Å²) in [4.78, 5) is 25.3. The van der Waals surface area contributed by atoms with Crippen LogP contribution in [0.25, 0.3) is 21.7 Å². The monoisotopic (exact) mass is 518 g/mol. The number of aryl methyl sites for hydroxylation is 1. The van der Waals surface area contributed by atoms with Gasteiger partial charge in [-0.1, -0.05) is 48.5 Å². The van der Waals surface area contributed by atoms with E-state index in [0.29, 0.717) is 17.8 Å². The Morgan fingerprint density at radius 2 is 1.72 bits per heavy atom.